The van der Waals surface area contributed by atoms with Crippen molar-refractivity contribution in [1.29, 1.82) is 0 Å². The lowest BCUT2D eigenvalue weighted by Gasteiger charge is -2.28. The molecule has 1 amide bonds. The van der Waals surface area contributed by atoms with Crippen LogP contribution in [0.25, 0.3) is 0 Å². The van der Waals surface area contributed by atoms with E-state index in [0.29, 0.717) is 0 Å². The second-order valence-corrected chi connectivity index (χ2v) is 4.49. The van der Waals surface area contributed by atoms with Crippen molar-refractivity contribution < 1.29 is 4.79 Å². The fourth-order valence-electron chi connectivity index (χ4n) is 2.14. The van der Waals surface area contributed by atoms with Crippen LogP contribution in [0.5, 0.6) is 0 Å². The van der Waals surface area contributed by atoms with E-state index in [9.17, 15) is 4.79 Å². The summed E-state index contributed by atoms with van der Waals surface area (Å²) in [5.41, 5.74) is 5.95. The molecule has 1 fully saturated rings. The zero-order valence-corrected chi connectivity index (χ0v) is 9.54. The molecule has 3 nitrogen and oxygen atoms in total. The van der Waals surface area contributed by atoms with Gasteiger partial charge in [0.15, 0.2) is 0 Å². The molecule has 0 saturated heterocycles. The number of nitrogens with two attached hydrogens (primary N) is 1. The predicted octanol–water partition coefficient (Wildman–Crippen LogP) is 1.58. The van der Waals surface area contributed by atoms with E-state index in [-0.39, 0.29) is 23.9 Å². The molecule has 1 rings (SSSR count). The minimum atomic E-state index is 0.0195. The van der Waals surface area contributed by atoms with Crippen molar-refractivity contribution in [2.45, 2.75) is 51.1 Å². The summed E-state index contributed by atoms with van der Waals surface area (Å²) >= 11 is 0. The molecule has 1 aliphatic rings. The Hall–Kier alpha value is -0.830. The summed E-state index contributed by atoms with van der Waals surface area (Å²) in [4.78, 5) is 11.9. The molecule has 0 heterocycles. The van der Waals surface area contributed by atoms with Crippen LogP contribution in [-0.2, 0) is 4.79 Å². The van der Waals surface area contributed by atoms with Gasteiger partial charge in [0.2, 0.25) is 5.91 Å². The van der Waals surface area contributed by atoms with Crippen LogP contribution in [0, 0.1) is 5.92 Å². The van der Waals surface area contributed by atoms with Gasteiger partial charge in [-0.1, -0.05) is 18.9 Å². The summed E-state index contributed by atoms with van der Waals surface area (Å²) in [6, 6.07) is 0.221. The average Bonchev–Trinajstić information content (AvgIpc) is 2.18. The highest BCUT2D eigenvalue weighted by atomic mass is 16.2. The predicted molar refractivity (Wildman–Crippen MR) is 62.4 cm³/mol. The molecule has 0 bridgehead atoms. The standard InChI is InChI=1S/C12H22N2O/c1-3-6-9(2)14-12(15)10-7-4-5-8-11(10)13/h3,9-11H,1,4-8,13H2,2H3,(H,14,15). The summed E-state index contributed by atoms with van der Waals surface area (Å²) in [6.07, 6.45) is 6.84. The maximum absolute atomic E-state index is 11.9. The highest BCUT2D eigenvalue weighted by molar-refractivity contribution is 5.79. The third-order valence-electron chi connectivity index (χ3n) is 3.07. The summed E-state index contributed by atoms with van der Waals surface area (Å²) in [6.45, 7) is 5.65. The monoisotopic (exact) mass is 210 g/mol. The Kier molecular flexibility index (Phi) is 4.82. The largest absolute Gasteiger partial charge is 0.353 e. The topological polar surface area (TPSA) is 55.1 Å². The van der Waals surface area contributed by atoms with Crippen LogP contribution in [0.2, 0.25) is 0 Å². The van der Waals surface area contributed by atoms with Gasteiger partial charge in [-0.05, 0) is 26.2 Å². The maximum Gasteiger partial charge on any atom is 0.224 e. The van der Waals surface area contributed by atoms with Crippen LogP contribution in [-0.4, -0.2) is 18.0 Å². The Morgan fingerprint density at radius 1 is 1.60 bits per heavy atom. The van der Waals surface area contributed by atoms with Gasteiger partial charge in [0.05, 0.1) is 5.92 Å². The fourth-order valence-corrected chi connectivity index (χ4v) is 2.14. The maximum atomic E-state index is 11.9. The molecule has 3 N–H and O–H groups in total. The van der Waals surface area contributed by atoms with Gasteiger partial charge in [-0.2, -0.15) is 0 Å². The molecular weight excluding hydrogens is 188 g/mol. The SMILES string of the molecule is C=CCC(C)NC(=O)C1CCCCC1N. The first-order chi connectivity index (χ1) is 7.15. The van der Waals surface area contributed by atoms with E-state index in [1.807, 2.05) is 13.0 Å². The average molecular weight is 210 g/mol. The van der Waals surface area contributed by atoms with Gasteiger partial charge >= 0.3 is 0 Å². The minimum Gasteiger partial charge on any atom is -0.353 e. The van der Waals surface area contributed by atoms with E-state index >= 15 is 0 Å². The van der Waals surface area contributed by atoms with E-state index in [1.165, 1.54) is 0 Å². The first-order valence-corrected chi connectivity index (χ1v) is 5.82. The van der Waals surface area contributed by atoms with Crippen LogP contribution in [0.1, 0.15) is 39.0 Å². The molecule has 3 unspecified atom stereocenters. The number of rotatable bonds is 4. The lowest BCUT2D eigenvalue weighted by Crippen LogP contribution is -2.46. The molecule has 0 radical (unpaired) electrons. The number of nitrogens with one attached hydrogen (secondary N) is 1. The van der Waals surface area contributed by atoms with Crippen LogP contribution >= 0.6 is 0 Å². The summed E-state index contributed by atoms with van der Waals surface area (Å²) in [5, 5.41) is 2.99. The first kappa shape index (κ1) is 12.2. The number of hydrogen-bond acceptors (Lipinski definition) is 2. The van der Waals surface area contributed by atoms with Crippen molar-refractivity contribution in [1.82, 2.24) is 5.32 Å². The van der Waals surface area contributed by atoms with Crippen molar-refractivity contribution in [2.75, 3.05) is 0 Å². The van der Waals surface area contributed by atoms with Gasteiger partial charge in [0.1, 0.15) is 0 Å². The van der Waals surface area contributed by atoms with Gasteiger partial charge in [-0.15, -0.1) is 6.58 Å². The van der Waals surface area contributed by atoms with E-state index in [2.05, 4.69) is 11.9 Å². The van der Waals surface area contributed by atoms with Crippen LogP contribution in [0.3, 0.4) is 0 Å². The van der Waals surface area contributed by atoms with Gasteiger partial charge in [-0.25, -0.2) is 0 Å². The second-order valence-electron chi connectivity index (χ2n) is 4.49. The smallest absolute Gasteiger partial charge is 0.224 e. The Morgan fingerprint density at radius 2 is 2.27 bits per heavy atom. The third-order valence-corrected chi connectivity index (χ3v) is 3.07. The molecule has 86 valence electrons. The van der Waals surface area contributed by atoms with Gasteiger partial charge < -0.3 is 11.1 Å². The van der Waals surface area contributed by atoms with Gasteiger partial charge in [-0.3, -0.25) is 4.79 Å². The number of carbonyl (C=O) groups is 1. The van der Waals surface area contributed by atoms with Crippen molar-refractivity contribution in [3.63, 3.8) is 0 Å². The van der Waals surface area contributed by atoms with E-state index in [4.69, 9.17) is 5.73 Å². The van der Waals surface area contributed by atoms with Crippen molar-refractivity contribution in [3.05, 3.63) is 12.7 Å². The Bertz CT molecular complexity index is 228. The summed E-state index contributed by atoms with van der Waals surface area (Å²) in [7, 11) is 0. The number of amides is 1. The van der Waals surface area contributed by atoms with Crippen molar-refractivity contribution in [2.24, 2.45) is 11.7 Å². The van der Waals surface area contributed by atoms with Crippen molar-refractivity contribution in [3.8, 4) is 0 Å². The molecule has 1 aliphatic carbocycles. The summed E-state index contributed by atoms with van der Waals surface area (Å²) in [5.74, 6) is 0.141. The zero-order chi connectivity index (χ0) is 11.3. The second kappa shape index (κ2) is 5.91. The van der Waals surface area contributed by atoms with Crippen LogP contribution in [0.15, 0.2) is 12.7 Å². The Labute approximate surface area is 92.1 Å². The highest BCUT2D eigenvalue weighted by Gasteiger charge is 2.28. The molecule has 3 heteroatoms. The molecule has 0 aliphatic heterocycles. The van der Waals surface area contributed by atoms with Gasteiger partial charge in [0, 0.05) is 12.1 Å². The molecule has 0 spiro atoms. The molecule has 15 heavy (non-hydrogen) atoms. The molecule has 3 atom stereocenters. The normalized spacial score (nSPS) is 28.1. The number of hydrogen-bond donors (Lipinski definition) is 2. The molecular formula is C12H22N2O. The zero-order valence-electron chi connectivity index (χ0n) is 9.54. The lowest BCUT2D eigenvalue weighted by molar-refractivity contribution is -0.127. The summed E-state index contributed by atoms with van der Waals surface area (Å²) < 4.78 is 0. The minimum absolute atomic E-state index is 0.0195. The molecule has 0 aromatic heterocycles. The molecule has 1 saturated carbocycles. The van der Waals surface area contributed by atoms with Crippen molar-refractivity contribution >= 4 is 5.91 Å². The Balaban J connectivity index is 2.41. The first-order valence-electron chi connectivity index (χ1n) is 5.82. The fraction of sp³-hybridized carbons (Fsp3) is 0.750. The molecule has 0 aromatic rings. The van der Waals surface area contributed by atoms with Crippen LogP contribution in [0.4, 0.5) is 0 Å². The third kappa shape index (κ3) is 3.67. The Morgan fingerprint density at radius 3 is 2.87 bits per heavy atom. The molecule has 0 aromatic carbocycles. The van der Waals surface area contributed by atoms with Crippen LogP contribution < -0.4 is 11.1 Å². The quantitative estimate of drug-likeness (QED) is 0.692. The lowest BCUT2D eigenvalue weighted by atomic mass is 9.84. The van der Waals surface area contributed by atoms with Gasteiger partial charge in [0.25, 0.3) is 0 Å². The highest BCUT2D eigenvalue weighted by Crippen LogP contribution is 2.23. The van der Waals surface area contributed by atoms with E-state index in [1.54, 1.807) is 0 Å². The van der Waals surface area contributed by atoms with E-state index in [0.717, 1.165) is 32.1 Å². The van der Waals surface area contributed by atoms with E-state index < -0.39 is 0 Å². The number of carbonyl (C=O) groups excluding carboxylic acids is 1.